The highest BCUT2D eigenvalue weighted by Gasteiger charge is 2.32. The van der Waals surface area contributed by atoms with Gasteiger partial charge in [0.15, 0.2) is 0 Å². The second-order valence-corrected chi connectivity index (χ2v) is 7.90. The number of rotatable bonds is 3. The van der Waals surface area contributed by atoms with Gasteiger partial charge in [0, 0.05) is 17.6 Å². The summed E-state index contributed by atoms with van der Waals surface area (Å²) in [6, 6.07) is 4.99. The number of hydrogen-bond acceptors (Lipinski definition) is 4. The van der Waals surface area contributed by atoms with Crippen LogP contribution in [0.5, 0.6) is 0 Å². The van der Waals surface area contributed by atoms with Crippen LogP contribution in [-0.4, -0.2) is 38.9 Å². The average Bonchev–Trinajstić information content (AvgIpc) is 2.49. The number of nitrogens with zero attached hydrogens (tertiary/aromatic N) is 1. The number of halogens is 1. The van der Waals surface area contributed by atoms with Gasteiger partial charge in [-0.2, -0.15) is 4.31 Å². The van der Waals surface area contributed by atoms with Crippen LogP contribution in [0.1, 0.15) is 18.4 Å². The predicted molar refractivity (Wildman–Crippen MR) is 82.4 cm³/mol. The molecule has 0 atom stereocenters. The van der Waals surface area contributed by atoms with Gasteiger partial charge >= 0.3 is 5.97 Å². The smallest absolute Gasteiger partial charge is 0.308 e. The molecule has 5 nitrogen and oxygen atoms in total. The lowest BCUT2D eigenvalue weighted by molar-refractivity contribution is -0.146. The predicted octanol–water partition coefficient (Wildman–Crippen LogP) is 2.33. The fraction of sp³-hybridized carbons (Fsp3) is 0.500. The molecule has 0 aliphatic carbocycles. The topological polar surface area (TPSA) is 63.7 Å². The number of hydrogen-bond donors (Lipinski definition) is 0. The lowest BCUT2D eigenvalue weighted by Gasteiger charge is -2.30. The summed E-state index contributed by atoms with van der Waals surface area (Å²) in [7, 11) is -2.14. The summed E-state index contributed by atoms with van der Waals surface area (Å²) in [6.45, 7) is 2.54. The number of carbonyl (C=O) groups excluding carboxylic acids is 1. The normalized spacial score (nSPS) is 17.7. The molecule has 0 spiro atoms. The first-order valence-corrected chi connectivity index (χ1v) is 8.93. The quantitative estimate of drug-likeness (QED) is 0.760. The minimum absolute atomic E-state index is 0.201. The van der Waals surface area contributed by atoms with E-state index in [1.807, 2.05) is 6.92 Å². The van der Waals surface area contributed by atoms with E-state index in [0.717, 1.165) is 10.0 Å². The Morgan fingerprint density at radius 3 is 2.48 bits per heavy atom. The van der Waals surface area contributed by atoms with Crippen LogP contribution in [0.15, 0.2) is 27.6 Å². The number of aryl methyl sites for hydroxylation is 1. The van der Waals surface area contributed by atoms with Crippen LogP contribution >= 0.6 is 15.9 Å². The first kappa shape index (κ1) is 16.5. The Balaban J connectivity index is 2.14. The van der Waals surface area contributed by atoms with Crippen LogP contribution in [0.25, 0.3) is 0 Å². The van der Waals surface area contributed by atoms with E-state index in [2.05, 4.69) is 15.9 Å². The summed E-state index contributed by atoms with van der Waals surface area (Å²) in [5.74, 6) is -0.459. The minimum atomic E-state index is -3.50. The van der Waals surface area contributed by atoms with Gasteiger partial charge < -0.3 is 4.74 Å². The summed E-state index contributed by atoms with van der Waals surface area (Å²) in [5.41, 5.74) is 0.875. The number of esters is 1. The van der Waals surface area contributed by atoms with E-state index in [9.17, 15) is 13.2 Å². The van der Waals surface area contributed by atoms with Crippen molar-refractivity contribution in [1.82, 2.24) is 4.31 Å². The number of piperidine rings is 1. The third-order valence-electron chi connectivity index (χ3n) is 3.76. The van der Waals surface area contributed by atoms with Crippen LogP contribution in [0.4, 0.5) is 0 Å². The molecule has 1 aliphatic heterocycles. The van der Waals surface area contributed by atoms with Crippen molar-refractivity contribution in [2.75, 3.05) is 20.2 Å². The summed E-state index contributed by atoms with van der Waals surface area (Å²) in [6.07, 6.45) is 1.00. The van der Waals surface area contributed by atoms with E-state index in [1.165, 1.54) is 11.4 Å². The highest BCUT2D eigenvalue weighted by atomic mass is 79.9. The second-order valence-electron chi connectivity index (χ2n) is 5.11. The van der Waals surface area contributed by atoms with Gasteiger partial charge in [0.05, 0.1) is 17.9 Å². The molecular weight excluding hydrogens is 358 g/mol. The van der Waals surface area contributed by atoms with Gasteiger partial charge in [-0.05, 0) is 43.5 Å². The van der Waals surface area contributed by atoms with Gasteiger partial charge in [-0.1, -0.05) is 15.9 Å². The maximum absolute atomic E-state index is 12.6. The molecule has 1 aromatic carbocycles. The molecule has 1 aromatic rings. The van der Waals surface area contributed by atoms with E-state index >= 15 is 0 Å². The molecule has 0 bridgehead atoms. The number of benzene rings is 1. The maximum atomic E-state index is 12.6. The fourth-order valence-corrected chi connectivity index (χ4v) is 4.23. The molecule has 21 heavy (non-hydrogen) atoms. The summed E-state index contributed by atoms with van der Waals surface area (Å²) < 4.78 is 32.2. The molecule has 0 unspecified atom stereocenters. The summed E-state index contributed by atoms with van der Waals surface area (Å²) in [5, 5.41) is 0. The molecule has 2 rings (SSSR count). The second kappa shape index (κ2) is 6.46. The molecule has 1 heterocycles. The fourth-order valence-electron chi connectivity index (χ4n) is 2.43. The van der Waals surface area contributed by atoms with Gasteiger partial charge in [-0.3, -0.25) is 4.79 Å². The highest BCUT2D eigenvalue weighted by Crippen LogP contribution is 2.26. The molecule has 1 fully saturated rings. The van der Waals surface area contributed by atoms with Crippen LogP contribution in [0.2, 0.25) is 0 Å². The van der Waals surface area contributed by atoms with E-state index in [1.54, 1.807) is 18.2 Å². The van der Waals surface area contributed by atoms with Crippen molar-refractivity contribution >= 4 is 31.9 Å². The summed E-state index contributed by atoms with van der Waals surface area (Å²) in [4.78, 5) is 11.8. The lowest BCUT2D eigenvalue weighted by Crippen LogP contribution is -2.40. The molecule has 0 amide bonds. The Hall–Kier alpha value is -0.920. The molecule has 116 valence electrons. The minimum Gasteiger partial charge on any atom is -0.469 e. The zero-order valence-corrected chi connectivity index (χ0v) is 14.4. The van der Waals surface area contributed by atoms with Crippen molar-refractivity contribution in [2.45, 2.75) is 24.7 Å². The van der Waals surface area contributed by atoms with E-state index in [0.29, 0.717) is 30.8 Å². The Morgan fingerprint density at radius 1 is 1.33 bits per heavy atom. The van der Waals surface area contributed by atoms with Gasteiger partial charge in [0.2, 0.25) is 10.0 Å². The monoisotopic (exact) mass is 375 g/mol. The molecule has 0 N–H and O–H groups in total. The summed E-state index contributed by atoms with van der Waals surface area (Å²) >= 11 is 3.36. The Labute approximate surface area is 133 Å². The maximum Gasteiger partial charge on any atom is 0.308 e. The SMILES string of the molecule is COC(=O)C1CCN(S(=O)(=O)c2ccc(Br)c(C)c2)CC1. The van der Waals surface area contributed by atoms with Crippen LogP contribution in [0.3, 0.4) is 0 Å². The molecule has 1 saturated heterocycles. The number of methoxy groups -OCH3 is 1. The van der Waals surface area contributed by atoms with Crippen molar-refractivity contribution in [1.29, 1.82) is 0 Å². The Morgan fingerprint density at radius 2 is 1.95 bits per heavy atom. The molecule has 0 radical (unpaired) electrons. The first-order valence-electron chi connectivity index (χ1n) is 6.70. The van der Waals surface area contributed by atoms with Gasteiger partial charge in [-0.15, -0.1) is 0 Å². The van der Waals surface area contributed by atoms with Gasteiger partial charge in [0.25, 0.3) is 0 Å². The molecule has 0 aromatic heterocycles. The van der Waals surface area contributed by atoms with Crippen LogP contribution in [0, 0.1) is 12.8 Å². The first-order chi connectivity index (χ1) is 9.86. The van der Waals surface area contributed by atoms with E-state index in [-0.39, 0.29) is 11.9 Å². The molecular formula is C14H18BrNO4S. The molecule has 1 aliphatic rings. The van der Waals surface area contributed by atoms with Crippen LogP contribution < -0.4 is 0 Å². The third-order valence-corrected chi connectivity index (χ3v) is 6.54. The lowest BCUT2D eigenvalue weighted by atomic mass is 9.99. The van der Waals surface area contributed by atoms with Crippen molar-refractivity contribution < 1.29 is 17.9 Å². The largest absolute Gasteiger partial charge is 0.469 e. The number of sulfonamides is 1. The van der Waals surface area contributed by atoms with E-state index in [4.69, 9.17) is 4.74 Å². The van der Waals surface area contributed by atoms with Crippen molar-refractivity contribution in [3.05, 3.63) is 28.2 Å². The van der Waals surface area contributed by atoms with Crippen molar-refractivity contribution in [3.63, 3.8) is 0 Å². The van der Waals surface area contributed by atoms with Gasteiger partial charge in [-0.25, -0.2) is 8.42 Å². The van der Waals surface area contributed by atoms with Gasteiger partial charge in [0.1, 0.15) is 0 Å². The average molecular weight is 376 g/mol. The van der Waals surface area contributed by atoms with Crippen molar-refractivity contribution in [3.8, 4) is 0 Å². The van der Waals surface area contributed by atoms with Crippen LogP contribution in [-0.2, 0) is 19.6 Å². The Bertz CT molecular complexity index is 636. The zero-order chi connectivity index (χ0) is 15.6. The highest BCUT2D eigenvalue weighted by molar-refractivity contribution is 9.10. The zero-order valence-electron chi connectivity index (χ0n) is 12.0. The standard InChI is InChI=1S/C14H18BrNO4S/c1-10-9-12(3-4-13(10)15)21(18,19)16-7-5-11(6-8-16)14(17)20-2/h3-4,9,11H,5-8H2,1-2H3. The number of carbonyl (C=O) groups is 1. The number of ether oxygens (including phenoxy) is 1. The van der Waals surface area contributed by atoms with E-state index < -0.39 is 10.0 Å². The van der Waals surface area contributed by atoms with Crippen molar-refractivity contribution in [2.24, 2.45) is 5.92 Å². The molecule has 7 heteroatoms. The Kier molecular flexibility index (Phi) is 5.06. The molecule has 0 saturated carbocycles. The third kappa shape index (κ3) is 3.46.